The van der Waals surface area contributed by atoms with E-state index in [4.69, 9.17) is 19.6 Å². The first-order chi connectivity index (χ1) is 16.0. The van der Waals surface area contributed by atoms with Crippen LogP contribution in [0.25, 0.3) is 10.8 Å². The average molecular weight is 442 g/mol. The maximum atomic E-state index is 9.07. The molecule has 6 heteroatoms. The van der Waals surface area contributed by atoms with Crippen molar-refractivity contribution in [3.05, 3.63) is 83.1 Å². The number of nitrogens with one attached hydrogen (secondary N) is 1. The summed E-state index contributed by atoms with van der Waals surface area (Å²) in [5.74, 6) is 2.74. The fraction of sp³-hybridized carbons (Fsp3) is 0.259. The molecule has 4 aromatic rings. The molecular formula is C27H27N3O3. The van der Waals surface area contributed by atoms with Crippen LogP contribution in [0, 0.1) is 11.3 Å². The van der Waals surface area contributed by atoms with Crippen LogP contribution in [0.15, 0.2) is 60.9 Å². The van der Waals surface area contributed by atoms with Crippen molar-refractivity contribution in [2.24, 2.45) is 5.92 Å². The lowest BCUT2D eigenvalue weighted by Gasteiger charge is -2.30. The van der Waals surface area contributed by atoms with Crippen molar-refractivity contribution >= 4 is 10.8 Å². The number of fused-ring (bicyclic) bond motifs is 4. The third-order valence-corrected chi connectivity index (χ3v) is 6.10. The predicted molar refractivity (Wildman–Crippen MR) is 127 cm³/mol. The topological polar surface area (TPSA) is 69.4 Å². The summed E-state index contributed by atoms with van der Waals surface area (Å²) < 4.78 is 19.3. The third kappa shape index (κ3) is 3.52. The van der Waals surface area contributed by atoms with E-state index < -0.39 is 0 Å². The van der Waals surface area contributed by atoms with Gasteiger partial charge in [-0.2, -0.15) is 0 Å². The van der Waals surface area contributed by atoms with Crippen molar-refractivity contribution in [1.29, 1.82) is 5.41 Å². The molecule has 0 bridgehead atoms. The smallest absolute Gasteiger partial charge is 0.228 e. The van der Waals surface area contributed by atoms with Crippen LogP contribution in [0.1, 0.15) is 36.5 Å². The largest absolute Gasteiger partial charge is 0.493 e. The van der Waals surface area contributed by atoms with Gasteiger partial charge in [-0.1, -0.05) is 56.3 Å². The molecule has 0 amide bonds. The molecule has 0 fully saturated rings. The number of ether oxygens (including phenoxy) is 3. The van der Waals surface area contributed by atoms with Gasteiger partial charge in [0.25, 0.3) is 0 Å². The second kappa shape index (κ2) is 8.28. The highest BCUT2D eigenvalue weighted by atomic mass is 16.5. The molecule has 1 aromatic heterocycles. The Hall–Kier alpha value is -3.80. The Bertz CT molecular complexity index is 1410. The summed E-state index contributed by atoms with van der Waals surface area (Å²) in [7, 11) is 3.26. The molecule has 1 atom stereocenters. The van der Waals surface area contributed by atoms with Gasteiger partial charge in [0.05, 0.1) is 19.8 Å². The SMILES string of the molecule is COc1ccc([C@@H]2c3ccc4ccccc4c3Oc3ncn(CC(C)C)c(=N)c32)cc1OC. The van der Waals surface area contributed by atoms with E-state index in [0.717, 1.165) is 33.2 Å². The van der Waals surface area contributed by atoms with Gasteiger partial charge in [0.1, 0.15) is 17.6 Å². The Labute approximate surface area is 192 Å². The Morgan fingerprint density at radius 2 is 1.82 bits per heavy atom. The summed E-state index contributed by atoms with van der Waals surface area (Å²) in [6.45, 7) is 4.98. The Morgan fingerprint density at radius 1 is 1.03 bits per heavy atom. The van der Waals surface area contributed by atoms with Gasteiger partial charge in [-0.25, -0.2) is 4.98 Å². The summed E-state index contributed by atoms with van der Waals surface area (Å²) in [6, 6.07) is 18.3. The second-order valence-corrected chi connectivity index (χ2v) is 8.71. The molecule has 1 N–H and O–H groups in total. The maximum absolute atomic E-state index is 9.07. The van der Waals surface area contributed by atoms with Crippen molar-refractivity contribution in [1.82, 2.24) is 9.55 Å². The highest BCUT2D eigenvalue weighted by molar-refractivity contribution is 5.91. The van der Waals surface area contributed by atoms with Crippen LogP contribution < -0.4 is 19.7 Å². The first kappa shape index (κ1) is 21.1. The van der Waals surface area contributed by atoms with Crippen molar-refractivity contribution in [2.75, 3.05) is 14.2 Å². The molecule has 0 saturated heterocycles. The molecule has 168 valence electrons. The van der Waals surface area contributed by atoms with E-state index in [0.29, 0.717) is 35.3 Å². The third-order valence-electron chi connectivity index (χ3n) is 6.10. The van der Waals surface area contributed by atoms with E-state index in [-0.39, 0.29) is 5.92 Å². The molecule has 0 spiro atoms. The second-order valence-electron chi connectivity index (χ2n) is 8.71. The van der Waals surface area contributed by atoms with Gasteiger partial charge in [0, 0.05) is 23.4 Å². The van der Waals surface area contributed by atoms with E-state index in [2.05, 4.69) is 43.1 Å². The minimum absolute atomic E-state index is 0.229. The maximum Gasteiger partial charge on any atom is 0.228 e. The summed E-state index contributed by atoms with van der Waals surface area (Å²) in [6.07, 6.45) is 1.71. The molecule has 5 rings (SSSR count). The van der Waals surface area contributed by atoms with Gasteiger partial charge in [-0.3, -0.25) is 5.41 Å². The monoisotopic (exact) mass is 441 g/mol. The Balaban J connectivity index is 1.80. The number of hydrogen-bond acceptors (Lipinski definition) is 5. The van der Waals surface area contributed by atoms with Crippen LogP contribution in [-0.4, -0.2) is 23.8 Å². The van der Waals surface area contributed by atoms with E-state index in [1.165, 1.54) is 0 Å². The molecule has 1 aliphatic heterocycles. The summed E-state index contributed by atoms with van der Waals surface area (Å²) in [5.41, 5.74) is 3.16. The van der Waals surface area contributed by atoms with Gasteiger partial charge in [-0.05, 0) is 29.0 Å². The molecule has 0 unspecified atom stereocenters. The number of nitrogens with zero attached hydrogens (tertiary/aromatic N) is 2. The number of rotatable bonds is 5. The molecule has 0 radical (unpaired) electrons. The molecule has 0 saturated carbocycles. The normalized spacial score (nSPS) is 14.5. The molecule has 1 aliphatic rings. The Kier molecular flexibility index (Phi) is 5.29. The lowest BCUT2D eigenvalue weighted by atomic mass is 9.82. The first-order valence-electron chi connectivity index (χ1n) is 11.1. The zero-order valence-corrected chi connectivity index (χ0v) is 19.3. The van der Waals surface area contributed by atoms with Gasteiger partial charge < -0.3 is 18.8 Å². The average Bonchev–Trinajstić information content (AvgIpc) is 2.83. The molecule has 3 aromatic carbocycles. The quantitative estimate of drug-likeness (QED) is 0.392. The first-order valence-corrected chi connectivity index (χ1v) is 11.1. The molecule has 33 heavy (non-hydrogen) atoms. The van der Waals surface area contributed by atoms with Crippen molar-refractivity contribution in [3.63, 3.8) is 0 Å². The lowest BCUT2D eigenvalue weighted by Crippen LogP contribution is -2.31. The van der Waals surface area contributed by atoms with Gasteiger partial charge >= 0.3 is 0 Å². The number of methoxy groups -OCH3 is 2. The number of aromatic nitrogens is 2. The van der Waals surface area contributed by atoms with Gasteiger partial charge in [0.2, 0.25) is 5.88 Å². The van der Waals surface area contributed by atoms with Crippen LogP contribution in [-0.2, 0) is 6.54 Å². The van der Waals surface area contributed by atoms with Crippen LogP contribution in [0.5, 0.6) is 23.1 Å². The highest BCUT2D eigenvalue weighted by Crippen LogP contribution is 2.48. The fourth-order valence-electron chi connectivity index (χ4n) is 4.61. The van der Waals surface area contributed by atoms with E-state index in [1.54, 1.807) is 20.5 Å². The standard InChI is InChI=1S/C27H27N3O3/c1-16(2)14-30-15-29-27-24(26(30)28)23(18-10-12-21(31-3)22(13-18)32-4)20-11-9-17-7-5-6-8-19(17)25(20)33-27/h5-13,15-16,23,28H,14H2,1-4H3/t23-/m1/s1. The van der Waals surface area contributed by atoms with Gasteiger partial charge in [0.15, 0.2) is 11.5 Å². The molecule has 0 aliphatic carbocycles. The summed E-state index contributed by atoms with van der Waals surface area (Å²) >= 11 is 0. The van der Waals surface area contributed by atoms with E-state index in [9.17, 15) is 0 Å². The zero-order chi connectivity index (χ0) is 23.1. The molecule has 6 nitrogen and oxygen atoms in total. The van der Waals surface area contributed by atoms with Crippen LogP contribution in [0.2, 0.25) is 0 Å². The molecule has 2 heterocycles. The number of benzene rings is 3. The minimum atomic E-state index is -0.229. The van der Waals surface area contributed by atoms with Gasteiger partial charge in [-0.15, -0.1) is 0 Å². The highest BCUT2D eigenvalue weighted by Gasteiger charge is 2.33. The fourth-order valence-corrected chi connectivity index (χ4v) is 4.61. The zero-order valence-electron chi connectivity index (χ0n) is 19.3. The van der Waals surface area contributed by atoms with E-state index >= 15 is 0 Å². The van der Waals surface area contributed by atoms with Crippen LogP contribution in [0.4, 0.5) is 0 Å². The Morgan fingerprint density at radius 3 is 2.58 bits per heavy atom. The van der Waals surface area contributed by atoms with Crippen molar-refractivity contribution in [2.45, 2.75) is 26.3 Å². The lowest BCUT2D eigenvalue weighted by molar-refractivity contribution is 0.354. The minimum Gasteiger partial charge on any atom is -0.493 e. The predicted octanol–water partition coefficient (Wildman–Crippen LogP) is 5.47. The summed E-state index contributed by atoms with van der Waals surface area (Å²) in [4.78, 5) is 4.66. The van der Waals surface area contributed by atoms with Crippen molar-refractivity contribution < 1.29 is 14.2 Å². The summed E-state index contributed by atoms with van der Waals surface area (Å²) in [5, 5.41) is 11.2. The van der Waals surface area contributed by atoms with E-state index in [1.807, 2.05) is 34.9 Å². The number of hydrogen-bond donors (Lipinski definition) is 1. The van der Waals surface area contributed by atoms with Crippen LogP contribution >= 0.6 is 0 Å². The van der Waals surface area contributed by atoms with Crippen molar-refractivity contribution in [3.8, 4) is 23.1 Å². The van der Waals surface area contributed by atoms with Crippen LogP contribution in [0.3, 0.4) is 0 Å². The molecular weight excluding hydrogens is 414 g/mol.